The Kier molecular flexibility index (Phi) is 4.13. The van der Waals surface area contributed by atoms with Crippen LogP contribution in [0.2, 0.25) is 0 Å². The van der Waals surface area contributed by atoms with Crippen LogP contribution in [0.15, 0.2) is 60.9 Å². The highest BCUT2D eigenvalue weighted by Gasteiger charge is 2.02. The molecule has 0 fully saturated rings. The first kappa shape index (κ1) is 13.1. The van der Waals surface area contributed by atoms with Crippen LogP contribution in [0.25, 0.3) is 0 Å². The second-order valence-electron chi connectivity index (χ2n) is 3.84. The van der Waals surface area contributed by atoms with Crippen LogP contribution in [0.4, 0.5) is 8.78 Å². The van der Waals surface area contributed by atoms with Crippen molar-refractivity contribution in [2.75, 3.05) is 6.61 Å². The fourth-order valence-corrected chi connectivity index (χ4v) is 1.45. The minimum atomic E-state index is -0.392. The van der Waals surface area contributed by atoms with Crippen molar-refractivity contribution in [3.63, 3.8) is 0 Å². The molecule has 2 nitrogen and oxygen atoms in total. The number of halogens is 2. The van der Waals surface area contributed by atoms with Gasteiger partial charge in [-0.25, -0.2) is 8.78 Å². The van der Waals surface area contributed by atoms with E-state index in [9.17, 15) is 8.78 Å². The third kappa shape index (κ3) is 4.10. The lowest BCUT2D eigenvalue weighted by Crippen LogP contribution is -2.06. The van der Waals surface area contributed by atoms with Crippen molar-refractivity contribution in [3.8, 4) is 11.5 Å². The second-order valence-corrected chi connectivity index (χ2v) is 3.84. The van der Waals surface area contributed by atoms with E-state index in [0.717, 1.165) is 0 Å². The maximum Gasteiger partial charge on any atom is 0.145 e. The molecule has 0 bridgehead atoms. The maximum absolute atomic E-state index is 12.9. The molecule has 19 heavy (non-hydrogen) atoms. The first-order chi connectivity index (χ1) is 9.13. The van der Waals surface area contributed by atoms with E-state index in [1.54, 1.807) is 18.2 Å². The van der Waals surface area contributed by atoms with E-state index in [1.165, 1.54) is 30.3 Å². The van der Waals surface area contributed by atoms with Gasteiger partial charge in [-0.1, -0.05) is 18.7 Å². The van der Waals surface area contributed by atoms with Crippen molar-refractivity contribution < 1.29 is 18.3 Å². The molecule has 98 valence electrons. The lowest BCUT2D eigenvalue weighted by atomic mass is 10.3. The molecular formula is C15H12F2O2. The summed E-state index contributed by atoms with van der Waals surface area (Å²) >= 11 is 0. The Bertz CT molecular complexity index is 582. The Morgan fingerprint density at radius 3 is 2.16 bits per heavy atom. The van der Waals surface area contributed by atoms with E-state index in [4.69, 9.17) is 9.47 Å². The van der Waals surface area contributed by atoms with Crippen LogP contribution in [0.5, 0.6) is 11.5 Å². The molecule has 2 aromatic carbocycles. The minimum Gasteiger partial charge on any atom is -0.486 e. The van der Waals surface area contributed by atoms with E-state index >= 15 is 0 Å². The third-order valence-electron chi connectivity index (χ3n) is 2.25. The van der Waals surface area contributed by atoms with Gasteiger partial charge in [0.25, 0.3) is 0 Å². The van der Waals surface area contributed by atoms with Gasteiger partial charge < -0.3 is 9.47 Å². The largest absolute Gasteiger partial charge is 0.486 e. The lowest BCUT2D eigenvalue weighted by Gasteiger charge is -2.10. The van der Waals surface area contributed by atoms with Crippen molar-refractivity contribution in [1.82, 2.24) is 0 Å². The van der Waals surface area contributed by atoms with Gasteiger partial charge in [0, 0.05) is 12.1 Å². The predicted molar refractivity (Wildman–Crippen MR) is 68.1 cm³/mol. The topological polar surface area (TPSA) is 18.5 Å². The molecule has 0 aliphatic rings. The molecule has 4 heteroatoms. The molecule has 2 rings (SSSR count). The number of benzene rings is 2. The molecule has 0 N–H and O–H groups in total. The SMILES string of the molecule is C=C(COc1cccc(F)c1)Oc1cccc(F)c1. The van der Waals surface area contributed by atoms with Crippen LogP contribution in [0, 0.1) is 11.6 Å². The Morgan fingerprint density at radius 2 is 1.53 bits per heavy atom. The summed E-state index contributed by atoms with van der Waals surface area (Å²) in [6, 6.07) is 11.5. The summed E-state index contributed by atoms with van der Waals surface area (Å²) in [5.41, 5.74) is 0. The first-order valence-electron chi connectivity index (χ1n) is 5.63. The van der Waals surface area contributed by atoms with Crippen molar-refractivity contribution >= 4 is 0 Å². The molecule has 0 aliphatic heterocycles. The zero-order valence-electron chi connectivity index (χ0n) is 10.1. The molecule has 0 atom stereocenters. The Balaban J connectivity index is 1.88. The monoisotopic (exact) mass is 262 g/mol. The second kappa shape index (κ2) is 6.00. The normalized spacial score (nSPS) is 10.0. The predicted octanol–water partition coefficient (Wildman–Crippen LogP) is 3.94. The van der Waals surface area contributed by atoms with Gasteiger partial charge >= 0.3 is 0 Å². The van der Waals surface area contributed by atoms with E-state index in [0.29, 0.717) is 17.3 Å². The van der Waals surface area contributed by atoms with E-state index in [1.807, 2.05) is 0 Å². The smallest absolute Gasteiger partial charge is 0.145 e. The summed E-state index contributed by atoms with van der Waals surface area (Å²) < 4.78 is 36.4. The highest BCUT2D eigenvalue weighted by molar-refractivity contribution is 5.25. The average Bonchev–Trinajstić information content (AvgIpc) is 2.36. The molecule has 0 unspecified atom stereocenters. The standard InChI is InChI=1S/C15H12F2O2/c1-11(19-15-7-3-5-13(17)9-15)10-18-14-6-2-4-12(16)8-14/h2-9H,1,10H2. The summed E-state index contributed by atoms with van der Waals surface area (Å²) in [5.74, 6) is 0.247. The van der Waals surface area contributed by atoms with Crippen LogP contribution < -0.4 is 9.47 Å². The highest BCUT2D eigenvalue weighted by Crippen LogP contribution is 2.16. The average molecular weight is 262 g/mol. The van der Waals surface area contributed by atoms with E-state index in [2.05, 4.69) is 6.58 Å². The summed E-state index contributed by atoms with van der Waals surface area (Å²) in [4.78, 5) is 0. The van der Waals surface area contributed by atoms with Gasteiger partial charge in [-0.15, -0.1) is 0 Å². The van der Waals surface area contributed by atoms with Crippen molar-refractivity contribution in [2.45, 2.75) is 0 Å². The number of rotatable bonds is 5. The molecule has 0 radical (unpaired) electrons. The first-order valence-corrected chi connectivity index (χ1v) is 5.63. The van der Waals surface area contributed by atoms with E-state index < -0.39 is 5.82 Å². The van der Waals surface area contributed by atoms with Gasteiger partial charge in [-0.3, -0.25) is 0 Å². The summed E-state index contributed by atoms with van der Waals surface area (Å²) in [6.45, 7) is 3.71. The van der Waals surface area contributed by atoms with Crippen LogP contribution in [-0.4, -0.2) is 6.61 Å². The molecule has 0 spiro atoms. The molecule has 0 amide bonds. The summed E-state index contributed by atoms with van der Waals surface area (Å²) in [6.07, 6.45) is 0. The lowest BCUT2D eigenvalue weighted by molar-refractivity contribution is 0.280. The molecule has 2 aromatic rings. The number of hydrogen-bond donors (Lipinski definition) is 0. The van der Waals surface area contributed by atoms with Crippen LogP contribution >= 0.6 is 0 Å². The fraction of sp³-hybridized carbons (Fsp3) is 0.0667. The third-order valence-corrected chi connectivity index (χ3v) is 2.25. The Hall–Kier alpha value is -2.36. The summed E-state index contributed by atoms with van der Waals surface area (Å²) in [7, 11) is 0. The van der Waals surface area contributed by atoms with Crippen molar-refractivity contribution in [2.24, 2.45) is 0 Å². The molecule has 0 aliphatic carbocycles. The molecule has 0 saturated heterocycles. The molecule has 0 aromatic heterocycles. The van der Waals surface area contributed by atoms with Gasteiger partial charge in [-0.05, 0) is 24.3 Å². The maximum atomic E-state index is 12.9. The zero-order valence-corrected chi connectivity index (χ0v) is 10.1. The van der Waals surface area contributed by atoms with Gasteiger partial charge in [0.2, 0.25) is 0 Å². The fourth-order valence-electron chi connectivity index (χ4n) is 1.45. The van der Waals surface area contributed by atoms with Crippen molar-refractivity contribution in [1.29, 1.82) is 0 Å². The van der Waals surface area contributed by atoms with Crippen LogP contribution in [-0.2, 0) is 0 Å². The number of hydrogen-bond acceptors (Lipinski definition) is 2. The van der Waals surface area contributed by atoms with Gasteiger partial charge in [0.15, 0.2) is 0 Å². The summed E-state index contributed by atoms with van der Waals surface area (Å²) in [5, 5.41) is 0. The van der Waals surface area contributed by atoms with Gasteiger partial charge in [0.1, 0.15) is 35.5 Å². The molecular weight excluding hydrogens is 250 g/mol. The van der Waals surface area contributed by atoms with E-state index in [-0.39, 0.29) is 12.4 Å². The Morgan fingerprint density at radius 1 is 0.947 bits per heavy atom. The van der Waals surface area contributed by atoms with Crippen LogP contribution in [0.1, 0.15) is 0 Å². The molecule has 0 heterocycles. The number of ether oxygens (including phenoxy) is 2. The molecule has 0 saturated carbocycles. The minimum absolute atomic E-state index is 0.0555. The zero-order chi connectivity index (χ0) is 13.7. The van der Waals surface area contributed by atoms with Gasteiger partial charge in [-0.2, -0.15) is 0 Å². The highest BCUT2D eigenvalue weighted by atomic mass is 19.1. The Labute approximate surface area is 109 Å². The van der Waals surface area contributed by atoms with Crippen LogP contribution in [0.3, 0.4) is 0 Å². The quantitative estimate of drug-likeness (QED) is 0.760. The van der Waals surface area contributed by atoms with Crippen molar-refractivity contribution in [3.05, 3.63) is 72.5 Å². The van der Waals surface area contributed by atoms with Gasteiger partial charge in [0.05, 0.1) is 0 Å².